The third-order valence-electron chi connectivity index (χ3n) is 2.47. The van der Waals surface area contributed by atoms with Crippen LogP contribution in [0.1, 0.15) is 55.4 Å². The first-order chi connectivity index (χ1) is 11.6. The zero-order valence-corrected chi connectivity index (χ0v) is 17.4. The zero-order valence-electron chi connectivity index (χ0n) is 17.4. The quantitative estimate of drug-likeness (QED) is 0.410. The molecular weight excluding hydrogens is 288 g/mol. The standard InChI is InChI=1S/C18H22.3C2H6/c1-7-15(5)11-13-17(9-3)18(10-4)14-12-16(6)8-2;3*1-2/h7-14H,1-4H2,5-6H3;3*1-2H3/b15-11-,16-12-,17-13+,18-14+;;;. The number of rotatable bonds is 7. The fraction of sp³-hybridized carbons (Fsp3) is 0.333. The highest BCUT2D eigenvalue weighted by Crippen LogP contribution is 2.14. The molecule has 0 heteroatoms. The van der Waals surface area contributed by atoms with Crippen LogP contribution in [-0.4, -0.2) is 0 Å². The predicted molar refractivity (Wildman–Crippen MR) is 119 cm³/mol. The molecule has 0 bridgehead atoms. The first-order valence-corrected chi connectivity index (χ1v) is 8.86. The summed E-state index contributed by atoms with van der Waals surface area (Å²) >= 11 is 0. The average molecular weight is 329 g/mol. The van der Waals surface area contributed by atoms with E-state index in [-0.39, 0.29) is 0 Å². The number of allylic oxidation sites excluding steroid dienone is 12. The van der Waals surface area contributed by atoms with E-state index in [2.05, 4.69) is 26.3 Å². The maximum absolute atomic E-state index is 3.83. The van der Waals surface area contributed by atoms with Gasteiger partial charge in [0, 0.05) is 0 Å². The molecule has 0 saturated carbocycles. The second-order valence-corrected chi connectivity index (χ2v) is 3.88. The Morgan fingerprint density at radius 1 is 0.458 bits per heavy atom. The summed E-state index contributed by atoms with van der Waals surface area (Å²) in [6, 6.07) is 0. The van der Waals surface area contributed by atoms with E-state index in [4.69, 9.17) is 0 Å². The maximum Gasteiger partial charge on any atom is -0.0190 e. The van der Waals surface area contributed by atoms with Gasteiger partial charge < -0.3 is 0 Å². The molecular formula is C24H40. The SMILES string of the molecule is C=C\C(C)=C/C=C(C=C)/C(C=C)=C/C=C(/C)C=C.CC.CC.CC. The Hall–Kier alpha value is -2.08. The molecule has 0 atom stereocenters. The van der Waals surface area contributed by atoms with Crippen molar-refractivity contribution in [1.29, 1.82) is 0 Å². The van der Waals surface area contributed by atoms with Crippen molar-refractivity contribution in [2.75, 3.05) is 0 Å². The summed E-state index contributed by atoms with van der Waals surface area (Å²) < 4.78 is 0. The zero-order chi connectivity index (χ0) is 20.0. The molecule has 24 heavy (non-hydrogen) atoms. The average Bonchev–Trinajstić information content (AvgIpc) is 2.68. The molecule has 0 amide bonds. The summed E-state index contributed by atoms with van der Waals surface area (Å²) in [6.45, 7) is 31.1. The van der Waals surface area contributed by atoms with Crippen molar-refractivity contribution in [2.24, 2.45) is 0 Å². The monoisotopic (exact) mass is 328 g/mol. The maximum atomic E-state index is 3.83. The molecule has 0 aromatic carbocycles. The van der Waals surface area contributed by atoms with E-state index in [9.17, 15) is 0 Å². The summed E-state index contributed by atoms with van der Waals surface area (Å²) in [5.74, 6) is 0. The Labute approximate surface area is 153 Å². The minimum absolute atomic E-state index is 1.03. The molecule has 0 N–H and O–H groups in total. The van der Waals surface area contributed by atoms with Gasteiger partial charge in [0.15, 0.2) is 0 Å². The summed E-state index contributed by atoms with van der Waals surface area (Å²) in [7, 11) is 0. The van der Waals surface area contributed by atoms with Gasteiger partial charge in [-0.15, -0.1) is 0 Å². The van der Waals surface area contributed by atoms with E-state index in [1.807, 2.05) is 104 Å². The topological polar surface area (TPSA) is 0 Å². The number of hydrogen-bond donors (Lipinski definition) is 0. The molecule has 0 aliphatic rings. The molecule has 0 rings (SSSR count). The van der Waals surface area contributed by atoms with Gasteiger partial charge in [-0.2, -0.15) is 0 Å². The molecule has 0 spiro atoms. The van der Waals surface area contributed by atoms with Crippen LogP contribution in [0.3, 0.4) is 0 Å². The molecule has 0 fully saturated rings. The van der Waals surface area contributed by atoms with E-state index < -0.39 is 0 Å². The second-order valence-electron chi connectivity index (χ2n) is 3.88. The minimum Gasteiger partial charge on any atom is -0.0988 e. The fourth-order valence-electron chi connectivity index (χ4n) is 1.14. The highest BCUT2D eigenvalue weighted by atomic mass is 14.0. The molecule has 136 valence electrons. The van der Waals surface area contributed by atoms with Gasteiger partial charge in [0.05, 0.1) is 0 Å². The molecule has 0 aliphatic heterocycles. The van der Waals surface area contributed by atoms with Crippen LogP contribution in [0.15, 0.2) is 97.2 Å². The van der Waals surface area contributed by atoms with Crippen LogP contribution in [0, 0.1) is 0 Å². The van der Waals surface area contributed by atoms with Crippen LogP contribution in [0.4, 0.5) is 0 Å². The lowest BCUT2D eigenvalue weighted by molar-refractivity contribution is 1.48. The second kappa shape index (κ2) is 25.9. The van der Waals surface area contributed by atoms with Crippen molar-refractivity contribution in [1.82, 2.24) is 0 Å². The van der Waals surface area contributed by atoms with Gasteiger partial charge in [-0.1, -0.05) is 128 Å². The van der Waals surface area contributed by atoms with Crippen LogP contribution in [0.5, 0.6) is 0 Å². The van der Waals surface area contributed by atoms with Gasteiger partial charge >= 0.3 is 0 Å². The van der Waals surface area contributed by atoms with Crippen molar-refractivity contribution >= 4 is 0 Å². The van der Waals surface area contributed by atoms with Crippen molar-refractivity contribution < 1.29 is 0 Å². The van der Waals surface area contributed by atoms with Gasteiger partial charge in [0.1, 0.15) is 0 Å². The molecule has 0 aromatic rings. The van der Waals surface area contributed by atoms with E-state index in [1.54, 1.807) is 0 Å². The van der Waals surface area contributed by atoms with Crippen molar-refractivity contribution in [2.45, 2.75) is 55.4 Å². The molecule has 0 radical (unpaired) electrons. The normalized spacial score (nSPS) is 11.3. The van der Waals surface area contributed by atoms with Gasteiger partial charge in [-0.05, 0) is 25.0 Å². The van der Waals surface area contributed by atoms with Gasteiger partial charge in [-0.3, -0.25) is 0 Å². The van der Waals surface area contributed by atoms with E-state index in [0.29, 0.717) is 0 Å². The van der Waals surface area contributed by atoms with Gasteiger partial charge in [0.25, 0.3) is 0 Å². The van der Waals surface area contributed by atoms with E-state index in [0.717, 1.165) is 22.3 Å². The Morgan fingerprint density at radius 3 is 0.875 bits per heavy atom. The van der Waals surface area contributed by atoms with Crippen LogP contribution in [0.25, 0.3) is 0 Å². The Morgan fingerprint density at radius 2 is 0.708 bits per heavy atom. The smallest absolute Gasteiger partial charge is 0.0190 e. The molecule has 0 nitrogen and oxygen atoms in total. The van der Waals surface area contributed by atoms with Gasteiger partial charge in [-0.25, -0.2) is 0 Å². The Bertz CT molecular complexity index is 404. The number of hydrogen-bond acceptors (Lipinski definition) is 0. The Kier molecular flexibility index (Phi) is 32.2. The largest absolute Gasteiger partial charge is 0.0988 e. The van der Waals surface area contributed by atoms with Crippen molar-refractivity contribution in [3.05, 3.63) is 97.2 Å². The van der Waals surface area contributed by atoms with E-state index in [1.165, 1.54) is 0 Å². The lowest BCUT2D eigenvalue weighted by atomic mass is 10.0. The third kappa shape index (κ3) is 18.0. The molecule has 0 heterocycles. The van der Waals surface area contributed by atoms with Crippen LogP contribution < -0.4 is 0 Å². The summed E-state index contributed by atoms with van der Waals surface area (Å²) in [6.07, 6.45) is 15.3. The van der Waals surface area contributed by atoms with Gasteiger partial charge in [0.2, 0.25) is 0 Å². The fourth-order valence-corrected chi connectivity index (χ4v) is 1.14. The van der Waals surface area contributed by atoms with Crippen LogP contribution in [-0.2, 0) is 0 Å². The molecule has 0 unspecified atom stereocenters. The first kappa shape index (κ1) is 29.9. The van der Waals surface area contributed by atoms with Crippen LogP contribution in [0.2, 0.25) is 0 Å². The molecule has 0 aromatic heterocycles. The third-order valence-corrected chi connectivity index (χ3v) is 2.47. The summed E-state index contributed by atoms with van der Waals surface area (Å²) in [5.41, 5.74) is 4.27. The predicted octanol–water partition coefficient (Wildman–Crippen LogP) is 8.55. The van der Waals surface area contributed by atoms with Crippen molar-refractivity contribution in [3.63, 3.8) is 0 Å². The summed E-state index contributed by atoms with van der Waals surface area (Å²) in [4.78, 5) is 0. The minimum atomic E-state index is 1.03. The first-order valence-electron chi connectivity index (χ1n) is 8.86. The summed E-state index contributed by atoms with van der Waals surface area (Å²) in [5, 5.41) is 0. The molecule has 0 aliphatic carbocycles. The highest BCUT2D eigenvalue weighted by Gasteiger charge is 1.94. The van der Waals surface area contributed by atoms with Crippen molar-refractivity contribution in [3.8, 4) is 0 Å². The van der Waals surface area contributed by atoms with Crippen LogP contribution >= 0.6 is 0 Å². The highest BCUT2D eigenvalue weighted by molar-refractivity contribution is 5.49. The lowest BCUT2D eigenvalue weighted by Crippen LogP contribution is -1.82. The Balaban J connectivity index is -0.000000297. The van der Waals surface area contributed by atoms with E-state index >= 15 is 0 Å². The molecule has 0 saturated heterocycles. The lowest BCUT2D eigenvalue weighted by Gasteiger charge is -2.01.